The van der Waals surface area contributed by atoms with E-state index in [1.165, 1.54) is 41.7 Å². The second-order valence-electron chi connectivity index (χ2n) is 4.84. The molecule has 2 amide bonds. The molecule has 0 saturated heterocycles. The summed E-state index contributed by atoms with van der Waals surface area (Å²) in [5.41, 5.74) is 1.47. The van der Waals surface area contributed by atoms with Gasteiger partial charge in [0.05, 0.1) is 16.3 Å². The van der Waals surface area contributed by atoms with Crippen LogP contribution in [0.15, 0.2) is 41.1 Å². The zero-order valence-corrected chi connectivity index (χ0v) is 14.1. The molecule has 2 heterocycles. The largest absolute Gasteiger partial charge is 0.326 e. The van der Waals surface area contributed by atoms with Crippen LogP contribution in [0.25, 0.3) is 11.3 Å². The Hall–Kier alpha value is -2.58. The van der Waals surface area contributed by atoms with E-state index in [1.807, 2.05) is 5.38 Å². The van der Waals surface area contributed by atoms with E-state index in [1.54, 1.807) is 23.6 Å². The van der Waals surface area contributed by atoms with E-state index < -0.39 is 5.82 Å². The van der Waals surface area contributed by atoms with Gasteiger partial charge in [0, 0.05) is 17.9 Å². The standard InChI is InChI=1S/C16H12FN3O2S2/c1-9(21)18-12-7-10(17)4-5-11(12)13-8-24-16(19-13)20-15(22)14-3-2-6-23-14/h2-8H,1H3,(H,18,21)(H,19,20,22). The molecule has 5 nitrogen and oxygen atoms in total. The number of hydrogen-bond donors (Lipinski definition) is 2. The van der Waals surface area contributed by atoms with Crippen molar-refractivity contribution in [1.82, 2.24) is 4.98 Å². The number of halogens is 1. The normalized spacial score (nSPS) is 10.4. The lowest BCUT2D eigenvalue weighted by Gasteiger charge is -2.08. The lowest BCUT2D eigenvalue weighted by Crippen LogP contribution is -2.10. The number of anilines is 2. The first-order chi connectivity index (χ1) is 11.5. The van der Waals surface area contributed by atoms with Gasteiger partial charge >= 0.3 is 0 Å². The number of carbonyl (C=O) groups excluding carboxylic acids is 2. The van der Waals surface area contributed by atoms with Gasteiger partial charge in [-0.15, -0.1) is 22.7 Å². The Morgan fingerprint density at radius 2 is 2.00 bits per heavy atom. The molecule has 0 aliphatic rings. The van der Waals surface area contributed by atoms with Gasteiger partial charge in [-0.3, -0.25) is 14.9 Å². The highest BCUT2D eigenvalue weighted by Crippen LogP contribution is 2.31. The predicted molar refractivity (Wildman–Crippen MR) is 94.1 cm³/mol. The van der Waals surface area contributed by atoms with Crippen LogP contribution < -0.4 is 10.6 Å². The molecule has 2 N–H and O–H groups in total. The van der Waals surface area contributed by atoms with Gasteiger partial charge < -0.3 is 5.32 Å². The van der Waals surface area contributed by atoms with E-state index in [2.05, 4.69) is 15.6 Å². The number of amides is 2. The van der Waals surface area contributed by atoms with E-state index in [9.17, 15) is 14.0 Å². The molecule has 24 heavy (non-hydrogen) atoms. The zero-order valence-electron chi connectivity index (χ0n) is 12.5. The molecule has 0 atom stereocenters. The van der Waals surface area contributed by atoms with Crippen molar-refractivity contribution in [3.05, 3.63) is 51.8 Å². The maximum absolute atomic E-state index is 13.4. The van der Waals surface area contributed by atoms with Gasteiger partial charge in [0.25, 0.3) is 5.91 Å². The molecule has 2 aromatic heterocycles. The molecule has 0 radical (unpaired) electrons. The number of aromatic nitrogens is 1. The van der Waals surface area contributed by atoms with Crippen molar-refractivity contribution in [2.24, 2.45) is 0 Å². The van der Waals surface area contributed by atoms with Gasteiger partial charge in [-0.1, -0.05) is 6.07 Å². The average molecular weight is 361 g/mol. The van der Waals surface area contributed by atoms with E-state index in [4.69, 9.17) is 0 Å². The number of hydrogen-bond acceptors (Lipinski definition) is 5. The van der Waals surface area contributed by atoms with Gasteiger partial charge in [0.1, 0.15) is 5.82 Å². The van der Waals surface area contributed by atoms with Crippen molar-refractivity contribution < 1.29 is 14.0 Å². The first-order valence-corrected chi connectivity index (χ1v) is 8.67. The number of thiazole rings is 1. The molecule has 0 saturated carbocycles. The maximum atomic E-state index is 13.4. The summed E-state index contributed by atoms with van der Waals surface area (Å²) in [6.45, 7) is 1.35. The first kappa shape index (κ1) is 16.3. The maximum Gasteiger partial charge on any atom is 0.267 e. The van der Waals surface area contributed by atoms with Crippen molar-refractivity contribution in [1.29, 1.82) is 0 Å². The lowest BCUT2D eigenvalue weighted by atomic mass is 10.1. The average Bonchev–Trinajstić information content (AvgIpc) is 3.18. The Kier molecular flexibility index (Phi) is 4.68. The SMILES string of the molecule is CC(=O)Nc1cc(F)ccc1-c1csc(NC(=O)c2cccs2)n1. The second kappa shape index (κ2) is 6.90. The third-order valence-corrected chi connectivity index (χ3v) is 4.66. The predicted octanol–water partition coefficient (Wildman–Crippen LogP) is 4.22. The molecule has 3 rings (SSSR count). The molecule has 1 aromatic carbocycles. The first-order valence-electron chi connectivity index (χ1n) is 6.91. The summed E-state index contributed by atoms with van der Waals surface area (Å²) in [7, 11) is 0. The van der Waals surface area contributed by atoms with Crippen LogP contribution in [-0.4, -0.2) is 16.8 Å². The molecule has 0 fully saturated rings. The molecular weight excluding hydrogens is 349 g/mol. The summed E-state index contributed by atoms with van der Waals surface area (Å²) < 4.78 is 13.4. The zero-order chi connectivity index (χ0) is 17.1. The lowest BCUT2D eigenvalue weighted by molar-refractivity contribution is -0.114. The van der Waals surface area contributed by atoms with Crippen LogP contribution in [0.1, 0.15) is 16.6 Å². The Morgan fingerprint density at radius 3 is 2.71 bits per heavy atom. The van der Waals surface area contributed by atoms with Crippen molar-refractivity contribution in [3.8, 4) is 11.3 Å². The van der Waals surface area contributed by atoms with Crippen LogP contribution >= 0.6 is 22.7 Å². The fourth-order valence-electron chi connectivity index (χ4n) is 2.05. The quantitative estimate of drug-likeness (QED) is 0.731. The van der Waals surface area contributed by atoms with Crippen LogP contribution in [0.4, 0.5) is 15.2 Å². The van der Waals surface area contributed by atoms with Crippen molar-refractivity contribution >= 4 is 45.3 Å². The van der Waals surface area contributed by atoms with Crippen LogP contribution in [0, 0.1) is 5.82 Å². The van der Waals surface area contributed by atoms with Gasteiger partial charge in [0.2, 0.25) is 5.91 Å². The van der Waals surface area contributed by atoms with Crippen molar-refractivity contribution in [2.75, 3.05) is 10.6 Å². The number of thiophene rings is 1. The molecule has 0 bridgehead atoms. The third-order valence-electron chi connectivity index (χ3n) is 3.04. The minimum absolute atomic E-state index is 0.230. The smallest absolute Gasteiger partial charge is 0.267 e. The molecule has 0 unspecified atom stereocenters. The van der Waals surface area contributed by atoms with Crippen LogP contribution in [0.3, 0.4) is 0 Å². The van der Waals surface area contributed by atoms with Crippen LogP contribution in [0.5, 0.6) is 0 Å². The summed E-state index contributed by atoms with van der Waals surface area (Å²) in [6.07, 6.45) is 0. The molecule has 0 aliphatic carbocycles. The van der Waals surface area contributed by atoms with Gasteiger partial charge in [-0.2, -0.15) is 0 Å². The Labute approximate surface area is 145 Å². The van der Waals surface area contributed by atoms with E-state index in [0.717, 1.165) is 0 Å². The fourth-order valence-corrected chi connectivity index (χ4v) is 3.38. The number of nitrogens with zero attached hydrogens (tertiary/aromatic N) is 1. The van der Waals surface area contributed by atoms with Crippen molar-refractivity contribution in [2.45, 2.75) is 6.92 Å². The number of nitrogens with one attached hydrogen (secondary N) is 2. The molecule has 0 aliphatic heterocycles. The molecule has 0 spiro atoms. The second-order valence-corrected chi connectivity index (χ2v) is 6.65. The van der Waals surface area contributed by atoms with E-state index in [-0.39, 0.29) is 11.8 Å². The summed E-state index contributed by atoms with van der Waals surface area (Å²) in [5.74, 6) is -0.987. The molecule has 122 valence electrons. The molecular formula is C16H12FN3O2S2. The van der Waals surface area contributed by atoms with Gasteiger partial charge in [0.15, 0.2) is 5.13 Å². The minimum Gasteiger partial charge on any atom is -0.326 e. The highest BCUT2D eigenvalue weighted by atomic mass is 32.1. The third kappa shape index (κ3) is 3.66. The van der Waals surface area contributed by atoms with Crippen LogP contribution in [0.2, 0.25) is 0 Å². The molecule has 3 aromatic rings. The topological polar surface area (TPSA) is 71.1 Å². The van der Waals surface area contributed by atoms with Crippen molar-refractivity contribution in [3.63, 3.8) is 0 Å². The number of rotatable bonds is 4. The highest BCUT2D eigenvalue weighted by Gasteiger charge is 2.14. The summed E-state index contributed by atoms with van der Waals surface area (Å²) in [6, 6.07) is 7.60. The highest BCUT2D eigenvalue weighted by molar-refractivity contribution is 7.14. The summed E-state index contributed by atoms with van der Waals surface area (Å²) in [4.78, 5) is 28.3. The van der Waals surface area contributed by atoms with Crippen LogP contribution in [-0.2, 0) is 4.79 Å². The Morgan fingerprint density at radius 1 is 1.17 bits per heavy atom. The van der Waals surface area contributed by atoms with E-state index in [0.29, 0.717) is 27.0 Å². The monoisotopic (exact) mass is 361 g/mol. The Balaban J connectivity index is 1.85. The summed E-state index contributed by atoms with van der Waals surface area (Å²) >= 11 is 2.60. The minimum atomic E-state index is -0.455. The van der Waals surface area contributed by atoms with E-state index >= 15 is 0 Å². The van der Waals surface area contributed by atoms with Gasteiger partial charge in [-0.25, -0.2) is 9.37 Å². The van der Waals surface area contributed by atoms with Gasteiger partial charge in [-0.05, 0) is 29.6 Å². The number of benzene rings is 1. The molecule has 8 heteroatoms. The fraction of sp³-hybridized carbons (Fsp3) is 0.0625. The summed E-state index contributed by atoms with van der Waals surface area (Å²) in [5, 5.41) is 9.30. The number of carbonyl (C=O) groups is 2. The Bertz CT molecular complexity index is 891.